The zero-order chi connectivity index (χ0) is 27.7. The second-order valence-electron chi connectivity index (χ2n) is 9.82. The first-order chi connectivity index (χ1) is 18.6. The number of hydrogen-bond acceptors (Lipinski definition) is 5. The first-order valence-corrected chi connectivity index (χ1v) is 14.1. The summed E-state index contributed by atoms with van der Waals surface area (Å²) < 4.78 is 73.4. The van der Waals surface area contributed by atoms with Gasteiger partial charge < -0.3 is 4.90 Å². The molecule has 0 radical (unpaired) electrons. The van der Waals surface area contributed by atoms with Crippen LogP contribution in [0.3, 0.4) is 0 Å². The van der Waals surface area contributed by atoms with Crippen molar-refractivity contribution in [3.05, 3.63) is 84.6 Å². The van der Waals surface area contributed by atoms with Crippen molar-refractivity contribution in [2.75, 3.05) is 17.8 Å². The zero-order valence-corrected chi connectivity index (χ0v) is 22.3. The molecule has 1 aliphatic rings. The summed E-state index contributed by atoms with van der Waals surface area (Å²) in [4.78, 5) is 5.56. The van der Waals surface area contributed by atoms with Gasteiger partial charge in [-0.25, -0.2) is 21.6 Å². The van der Waals surface area contributed by atoms with E-state index in [0.717, 1.165) is 37.6 Å². The number of likely N-dealkylation sites (tertiary alicyclic amines) is 1. The smallest absolute Gasteiger partial charge is 0.265 e. The molecule has 0 bridgehead atoms. The predicted octanol–water partition coefficient (Wildman–Crippen LogP) is 5.88. The zero-order valence-electron chi connectivity index (χ0n) is 21.5. The molecule has 11 heteroatoms. The van der Waals surface area contributed by atoms with Crippen LogP contribution in [0.4, 0.5) is 18.9 Å². The molecule has 0 aliphatic carbocycles. The lowest BCUT2D eigenvalue weighted by Crippen LogP contribution is -2.39. The number of nitrogens with zero attached hydrogens (tertiary/aromatic N) is 4. The Morgan fingerprint density at radius 3 is 2.38 bits per heavy atom. The molecule has 204 valence electrons. The highest BCUT2D eigenvalue weighted by Gasteiger charge is 2.27. The summed E-state index contributed by atoms with van der Waals surface area (Å²) in [6.45, 7) is 6.18. The third-order valence-corrected chi connectivity index (χ3v) is 8.39. The van der Waals surface area contributed by atoms with E-state index in [0.29, 0.717) is 29.4 Å². The van der Waals surface area contributed by atoms with Crippen molar-refractivity contribution < 1.29 is 21.6 Å². The second-order valence-corrected chi connectivity index (χ2v) is 11.5. The SMILES string of the molecule is CC(C)N1CCC(n2cc(-c3ccncc3)c(-c3cccc(NS(=O)(=O)c4cc(F)ccc4F)c3F)n2)CC1. The number of piperidine rings is 1. The van der Waals surface area contributed by atoms with Gasteiger partial charge >= 0.3 is 0 Å². The molecule has 39 heavy (non-hydrogen) atoms. The Labute approximate surface area is 225 Å². The fourth-order valence-corrected chi connectivity index (χ4v) is 6.01. The molecule has 7 nitrogen and oxygen atoms in total. The second kappa shape index (κ2) is 10.8. The Morgan fingerprint density at radius 2 is 1.69 bits per heavy atom. The van der Waals surface area contributed by atoms with Crippen molar-refractivity contribution in [3.63, 3.8) is 0 Å². The van der Waals surface area contributed by atoms with Crippen molar-refractivity contribution >= 4 is 15.7 Å². The number of nitrogens with one attached hydrogen (secondary N) is 1. The first kappa shape index (κ1) is 26.9. The van der Waals surface area contributed by atoms with E-state index in [-0.39, 0.29) is 11.6 Å². The minimum atomic E-state index is -4.62. The number of halogens is 3. The van der Waals surface area contributed by atoms with Crippen LogP contribution in [-0.2, 0) is 10.0 Å². The van der Waals surface area contributed by atoms with E-state index < -0.39 is 38.1 Å². The van der Waals surface area contributed by atoms with E-state index in [4.69, 9.17) is 5.10 Å². The number of anilines is 1. The Balaban J connectivity index is 1.54. The molecule has 1 saturated heterocycles. The molecule has 1 aliphatic heterocycles. The summed E-state index contributed by atoms with van der Waals surface area (Å²) in [5.41, 5.74) is 1.44. The van der Waals surface area contributed by atoms with E-state index in [2.05, 4.69) is 28.5 Å². The summed E-state index contributed by atoms with van der Waals surface area (Å²) in [6, 6.07) is 10.4. The Hall–Kier alpha value is -3.70. The van der Waals surface area contributed by atoms with Gasteiger partial charge in [0, 0.05) is 48.8 Å². The highest BCUT2D eigenvalue weighted by Crippen LogP contribution is 2.37. The van der Waals surface area contributed by atoms with Crippen molar-refractivity contribution in [1.29, 1.82) is 0 Å². The molecule has 0 amide bonds. The lowest BCUT2D eigenvalue weighted by molar-refractivity contribution is 0.147. The van der Waals surface area contributed by atoms with Crippen molar-refractivity contribution in [2.24, 2.45) is 0 Å². The Morgan fingerprint density at radius 1 is 0.974 bits per heavy atom. The van der Waals surface area contributed by atoms with Gasteiger partial charge in [0.2, 0.25) is 0 Å². The van der Waals surface area contributed by atoms with Crippen LogP contribution < -0.4 is 4.72 Å². The topological polar surface area (TPSA) is 80.1 Å². The molecule has 0 unspecified atom stereocenters. The molecule has 2 aromatic carbocycles. The van der Waals surface area contributed by atoms with Crippen LogP contribution in [0.25, 0.3) is 22.4 Å². The largest absolute Gasteiger partial charge is 0.301 e. The summed E-state index contributed by atoms with van der Waals surface area (Å²) in [5.74, 6) is -2.96. The quantitative estimate of drug-likeness (QED) is 0.308. The van der Waals surface area contributed by atoms with Gasteiger partial charge in [0.15, 0.2) is 5.82 Å². The minimum absolute atomic E-state index is 0.0695. The van der Waals surface area contributed by atoms with E-state index in [9.17, 15) is 17.2 Å². The van der Waals surface area contributed by atoms with Gasteiger partial charge in [-0.05, 0) is 74.7 Å². The molecule has 4 aromatic rings. The summed E-state index contributed by atoms with van der Waals surface area (Å²) >= 11 is 0. The van der Waals surface area contributed by atoms with Crippen LogP contribution in [-0.4, -0.2) is 47.2 Å². The number of sulfonamides is 1. The van der Waals surface area contributed by atoms with E-state index in [1.165, 1.54) is 18.2 Å². The van der Waals surface area contributed by atoms with Crippen LogP contribution >= 0.6 is 0 Å². The average Bonchev–Trinajstić information content (AvgIpc) is 3.37. The fourth-order valence-electron chi connectivity index (χ4n) is 4.86. The molecule has 0 spiro atoms. The van der Waals surface area contributed by atoms with Gasteiger partial charge in [-0.2, -0.15) is 5.10 Å². The molecule has 1 N–H and O–H groups in total. The highest BCUT2D eigenvalue weighted by molar-refractivity contribution is 7.92. The molecular weight excluding hydrogens is 527 g/mol. The van der Waals surface area contributed by atoms with Crippen LogP contribution in [0, 0.1) is 17.5 Å². The monoisotopic (exact) mass is 555 g/mol. The van der Waals surface area contributed by atoms with E-state index in [1.54, 1.807) is 24.5 Å². The molecule has 3 heterocycles. The summed E-state index contributed by atoms with van der Waals surface area (Å²) in [7, 11) is -4.62. The summed E-state index contributed by atoms with van der Waals surface area (Å²) in [6.07, 6.45) is 6.92. The Kier molecular flexibility index (Phi) is 7.46. The molecule has 0 atom stereocenters. The number of aromatic nitrogens is 3. The third-order valence-electron chi connectivity index (χ3n) is 7.01. The van der Waals surface area contributed by atoms with Crippen LogP contribution in [0.1, 0.15) is 32.7 Å². The van der Waals surface area contributed by atoms with E-state index in [1.807, 2.05) is 10.9 Å². The van der Waals surface area contributed by atoms with E-state index >= 15 is 4.39 Å². The average molecular weight is 556 g/mol. The van der Waals surface area contributed by atoms with Crippen molar-refractivity contribution in [2.45, 2.75) is 43.7 Å². The van der Waals surface area contributed by atoms with Gasteiger partial charge in [0.05, 0.1) is 11.7 Å². The maximum absolute atomic E-state index is 15.9. The van der Waals surface area contributed by atoms with Gasteiger partial charge in [-0.3, -0.25) is 14.4 Å². The van der Waals surface area contributed by atoms with Crippen molar-refractivity contribution in [1.82, 2.24) is 19.7 Å². The lowest BCUT2D eigenvalue weighted by atomic mass is 10.0. The molecular formula is C28H28F3N5O2S. The number of pyridine rings is 1. The van der Waals surface area contributed by atoms with Gasteiger partial charge in [-0.1, -0.05) is 6.07 Å². The van der Waals surface area contributed by atoms with Crippen LogP contribution in [0.15, 0.2) is 72.0 Å². The Bertz CT molecular complexity index is 1580. The van der Waals surface area contributed by atoms with Crippen molar-refractivity contribution in [3.8, 4) is 22.4 Å². The molecule has 1 fully saturated rings. The fraction of sp³-hybridized carbons (Fsp3) is 0.286. The molecule has 0 saturated carbocycles. The summed E-state index contributed by atoms with van der Waals surface area (Å²) in [5, 5.41) is 4.78. The predicted molar refractivity (Wildman–Crippen MR) is 143 cm³/mol. The maximum atomic E-state index is 15.9. The van der Waals surface area contributed by atoms with Crippen LogP contribution in [0.2, 0.25) is 0 Å². The minimum Gasteiger partial charge on any atom is -0.301 e. The van der Waals surface area contributed by atoms with Gasteiger partial charge in [0.25, 0.3) is 10.0 Å². The molecule has 5 rings (SSSR count). The third kappa shape index (κ3) is 5.55. The first-order valence-electron chi connectivity index (χ1n) is 12.6. The number of benzene rings is 2. The highest BCUT2D eigenvalue weighted by atomic mass is 32.2. The standard InChI is InChI=1S/C28H28F3N5O2S/c1-18(2)35-14-10-21(11-15-35)36-17-23(19-8-12-32-13-9-19)28(33-36)22-4-3-5-25(27(22)31)34-39(37,38)26-16-20(29)6-7-24(26)30/h3-9,12-13,16-18,21,34H,10-11,14-15H2,1-2H3. The number of rotatable bonds is 7. The van der Waals surface area contributed by atoms with Gasteiger partial charge in [0.1, 0.15) is 22.2 Å². The number of hydrogen-bond donors (Lipinski definition) is 1. The normalized spacial score (nSPS) is 15.1. The molecule has 2 aromatic heterocycles. The lowest BCUT2D eigenvalue weighted by Gasteiger charge is -2.34. The maximum Gasteiger partial charge on any atom is 0.265 e. The van der Waals surface area contributed by atoms with Gasteiger partial charge in [-0.15, -0.1) is 0 Å². The van der Waals surface area contributed by atoms with Crippen LogP contribution in [0.5, 0.6) is 0 Å².